The van der Waals surface area contributed by atoms with E-state index in [0.717, 1.165) is 19.6 Å². The van der Waals surface area contributed by atoms with Gasteiger partial charge in [-0.15, -0.1) is 0 Å². The third-order valence-electron chi connectivity index (χ3n) is 3.75. The van der Waals surface area contributed by atoms with Crippen LogP contribution in [0.2, 0.25) is 0 Å². The minimum atomic E-state index is 0.557. The standard InChI is InChI=1S/C14H19NO/c1-10-2-3-11-4-5-14(13(11)8-10)15-12-6-7-16-9-12/h2-3,8,12,14-15H,4-7,9H2,1H3. The molecule has 2 unspecified atom stereocenters. The first-order valence-corrected chi connectivity index (χ1v) is 6.26. The van der Waals surface area contributed by atoms with Gasteiger partial charge in [0.2, 0.25) is 0 Å². The van der Waals surface area contributed by atoms with Crippen LogP contribution in [0.3, 0.4) is 0 Å². The van der Waals surface area contributed by atoms with Gasteiger partial charge in [-0.05, 0) is 37.3 Å². The molecule has 0 spiro atoms. The second-order valence-corrected chi connectivity index (χ2v) is 5.02. The summed E-state index contributed by atoms with van der Waals surface area (Å²) < 4.78 is 5.42. The molecule has 1 aliphatic carbocycles. The Morgan fingerprint density at radius 3 is 3.06 bits per heavy atom. The summed E-state index contributed by atoms with van der Waals surface area (Å²) in [6.07, 6.45) is 3.63. The minimum Gasteiger partial charge on any atom is -0.380 e. The SMILES string of the molecule is Cc1ccc2c(c1)C(NC1CCOC1)CC2. The van der Waals surface area contributed by atoms with Gasteiger partial charge in [-0.3, -0.25) is 0 Å². The molecule has 1 aromatic rings. The van der Waals surface area contributed by atoms with Gasteiger partial charge in [0, 0.05) is 18.7 Å². The Labute approximate surface area is 97.0 Å². The zero-order valence-electron chi connectivity index (χ0n) is 9.83. The maximum absolute atomic E-state index is 5.42. The van der Waals surface area contributed by atoms with E-state index in [0.29, 0.717) is 12.1 Å². The predicted molar refractivity (Wildman–Crippen MR) is 64.6 cm³/mol. The molecule has 2 atom stereocenters. The maximum Gasteiger partial charge on any atom is 0.0620 e. The van der Waals surface area contributed by atoms with Crippen LogP contribution in [0, 0.1) is 6.92 Å². The first kappa shape index (κ1) is 10.3. The third kappa shape index (κ3) is 1.87. The molecule has 2 aliphatic rings. The Kier molecular flexibility index (Phi) is 2.70. The highest BCUT2D eigenvalue weighted by Gasteiger charge is 2.26. The van der Waals surface area contributed by atoms with Crippen molar-refractivity contribution in [3.63, 3.8) is 0 Å². The molecule has 16 heavy (non-hydrogen) atoms. The Balaban J connectivity index is 1.77. The Hall–Kier alpha value is -0.860. The van der Waals surface area contributed by atoms with Crippen LogP contribution in [0.4, 0.5) is 0 Å². The molecule has 86 valence electrons. The fourth-order valence-electron chi connectivity index (χ4n) is 2.85. The molecule has 2 nitrogen and oxygen atoms in total. The van der Waals surface area contributed by atoms with Gasteiger partial charge < -0.3 is 10.1 Å². The normalized spacial score (nSPS) is 28.3. The van der Waals surface area contributed by atoms with Crippen molar-refractivity contribution in [2.24, 2.45) is 0 Å². The summed E-state index contributed by atoms with van der Waals surface area (Å²) in [7, 11) is 0. The van der Waals surface area contributed by atoms with Gasteiger partial charge in [0.05, 0.1) is 6.61 Å². The molecule has 0 aromatic heterocycles. The number of fused-ring (bicyclic) bond motifs is 1. The monoisotopic (exact) mass is 217 g/mol. The van der Waals surface area contributed by atoms with Crippen LogP contribution in [0.25, 0.3) is 0 Å². The molecule has 1 saturated heterocycles. The molecule has 0 radical (unpaired) electrons. The van der Waals surface area contributed by atoms with Crippen molar-refractivity contribution in [3.05, 3.63) is 34.9 Å². The lowest BCUT2D eigenvalue weighted by Crippen LogP contribution is -2.32. The predicted octanol–water partition coefficient (Wildman–Crippen LogP) is 2.36. The van der Waals surface area contributed by atoms with Gasteiger partial charge in [-0.1, -0.05) is 23.8 Å². The van der Waals surface area contributed by atoms with Crippen LogP contribution >= 0.6 is 0 Å². The second kappa shape index (κ2) is 4.19. The number of rotatable bonds is 2. The third-order valence-corrected chi connectivity index (χ3v) is 3.75. The quantitative estimate of drug-likeness (QED) is 0.821. The van der Waals surface area contributed by atoms with Gasteiger partial charge in [0.25, 0.3) is 0 Å². The summed E-state index contributed by atoms with van der Waals surface area (Å²) in [5, 5.41) is 3.74. The van der Waals surface area contributed by atoms with Crippen molar-refractivity contribution >= 4 is 0 Å². The van der Waals surface area contributed by atoms with Crippen molar-refractivity contribution in [2.75, 3.05) is 13.2 Å². The summed E-state index contributed by atoms with van der Waals surface area (Å²) in [6.45, 7) is 3.98. The molecule has 2 heteroatoms. The summed E-state index contributed by atoms with van der Waals surface area (Å²) >= 11 is 0. The second-order valence-electron chi connectivity index (χ2n) is 5.02. The van der Waals surface area contributed by atoms with Gasteiger partial charge >= 0.3 is 0 Å². The molecule has 1 aromatic carbocycles. The summed E-state index contributed by atoms with van der Waals surface area (Å²) in [5.41, 5.74) is 4.42. The molecule has 0 bridgehead atoms. The van der Waals surface area contributed by atoms with Crippen molar-refractivity contribution in [2.45, 2.75) is 38.3 Å². The van der Waals surface area contributed by atoms with Crippen LogP contribution in [-0.4, -0.2) is 19.3 Å². The van der Waals surface area contributed by atoms with Crippen LogP contribution in [0.5, 0.6) is 0 Å². The lowest BCUT2D eigenvalue weighted by Gasteiger charge is -2.18. The smallest absolute Gasteiger partial charge is 0.0620 e. The molecule has 0 saturated carbocycles. The van der Waals surface area contributed by atoms with E-state index < -0.39 is 0 Å². The number of hydrogen-bond donors (Lipinski definition) is 1. The summed E-state index contributed by atoms with van der Waals surface area (Å²) in [5.74, 6) is 0. The van der Waals surface area contributed by atoms with E-state index in [1.807, 2.05) is 0 Å². The summed E-state index contributed by atoms with van der Waals surface area (Å²) in [6, 6.07) is 7.98. The topological polar surface area (TPSA) is 21.3 Å². The van der Waals surface area contributed by atoms with Crippen LogP contribution in [-0.2, 0) is 11.2 Å². The molecular weight excluding hydrogens is 198 g/mol. The van der Waals surface area contributed by atoms with Crippen LogP contribution < -0.4 is 5.32 Å². The zero-order valence-corrected chi connectivity index (χ0v) is 9.83. The molecular formula is C14H19NO. The minimum absolute atomic E-state index is 0.557. The number of benzene rings is 1. The molecule has 1 fully saturated rings. The lowest BCUT2D eigenvalue weighted by molar-refractivity contribution is 0.188. The van der Waals surface area contributed by atoms with Crippen molar-refractivity contribution < 1.29 is 4.74 Å². The fraction of sp³-hybridized carbons (Fsp3) is 0.571. The highest BCUT2D eigenvalue weighted by molar-refractivity contribution is 5.37. The van der Waals surface area contributed by atoms with E-state index in [1.165, 1.54) is 29.5 Å². The number of ether oxygens (including phenoxy) is 1. The number of aryl methyl sites for hydroxylation is 2. The average Bonchev–Trinajstić information content (AvgIpc) is 2.90. The first-order valence-electron chi connectivity index (χ1n) is 6.26. The molecule has 1 heterocycles. The van der Waals surface area contributed by atoms with E-state index in [2.05, 4.69) is 30.4 Å². The molecule has 1 aliphatic heterocycles. The van der Waals surface area contributed by atoms with Gasteiger partial charge in [-0.2, -0.15) is 0 Å². The summed E-state index contributed by atoms with van der Waals surface area (Å²) in [4.78, 5) is 0. The Morgan fingerprint density at radius 2 is 2.25 bits per heavy atom. The maximum atomic E-state index is 5.42. The number of hydrogen-bond acceptors (Lipinski definition) is 2. The molecule has 3 rings (SSSR count). The lowest BCUT2D eigenvalue weighted by atomic mass is 10.0. The zero-order chi connectivity index (χ0) is 11.0. The largest absolute Gasteiger partial charge is 0.380 e. The van der Waals surface area contributed by atoms with E-state index >= 15 is 0 Å². The van der Waals surface area contributed by atoms with Crippen LogP contribution in [0.15, 0.2) is 18.2 Å². The van der Waals surface area contributed by atoms with E-state index in [9.17, 15) is 0 Å². The van der Waals surface area contributed by atoms with Crippen molar-refractivity contribution in [3.8, 4) is 0 Å². The number of nitrogens with one attached hydrogen (secondary N) is 1. The van der Waals surface area contributed by atoms with Gasteiger partial charge in [0.15, 0.2) is 0 Å². The van der Waals surface area contributed by atoms with Crippen molar-refractivity contribution in [1.29, 1.82) is 0 Å². The van der Waals surface area contributed by atoms with Crippen molar-refractivity contribution in [1.82, 2.24) is 5.32 Å². The average molecular weight is 217 g/mol. The van der Waals surface area contributed by atoms with Gasteiger partial charge in [-0.25, -0.2) is 0 Å². The molecule has 1 N–H and O–H groups in total. The fourth-order valence-corrected chi connectivity index (χ4v) is 2.85. The molecule has 0 amide bonds. The van der Waals surface area contributed by atoms with E-state index in [4.69, 9.17) is 4.74 Å². The highest BCUT2D eigenvalue weighted by Crippen LogP contribution is 2.32. The first-order chi connectivity index (χ1) is 7.83. The highest BCUT2D eigenvalue weighted by atomic mass is 16.5. The van der Waals surface area contributed by atoms with Gasteiger partial charge in [0.1, 0.15) is 0 Å². The van der Waals surface area contributed by atoms with E-state index in [1.54, 1.807) is 0 Å². The van der Waals surface area contributed by atoms with Crippen LogP contribution in [0.1, 0.15) is 35.6 Å². The van der Waals surface area contributed by atoms with E-state index in [-0.39, 0.29) is 0 Å². The Bertz CT molecular complexity index is 382. The Morgan fingerprint density at radius 1 is 1.31 bits per heavy atom.